The molecule has 1 aliphatic heterocycles. The first-order valence-corrected chi connectivity index (χ1v) is 20.0. The van der Waals surface area contributed by atoms with Gasteiger partial charge in [0.25, 0.3) is 5.24 Å². The third-order valence-electron chi connectivity index (χ3n) is 7.58. The Bertz CT molecular complexity index is 1720. The summed E-state index contributed by atoms with van der Waals surface area (Å²) in [5.74, 6) is 1.59. The molecule has 0 spiro atoms. The van der Waals surface area contributed by atoms with Crippen LogP contribution in [0, 0.1) is 5.82 Å². The van der Waals surface area contributed by atoms with E-state index in [1.807, 2.05) is 113 Å². The molecule has 290 valence electrons. The molecule has 0 aliphatic carbocycles. The highest BCUT2D eigenvalue weighted by Gasteiger charge is 2.31. The molecule has 4 aromatic carbocycles. The molecule has 1 fully saturated rings. The van der Waals surface area contributed by atoms with E-state index >= 15 is 0 Å². The van der Waals surface area contributed by atoms with Crippen LogP contribution in [0.4, 0.5) is 9.18 Å². The van der Waals surface area contributed by atoms with E-state index < -0.39 is 0 Å². The van der Waals surface area contributed by atoms with E-state index in [9.17, 15) is 23.6 Å². The molecule has 1 aliphatic rings. The van der Waals surface area contributed by atoms with Gasteiger partial charge < -0.3 is 14.2 Å². The van der Waals surface area contributed by atoms with E-state index in [4.69, 9.17) is 14.2 Å². The highest BCUT2D eigenvalue weighted by atomic mass is 32.2. The van der Waals surface area contributed by atoms with E-state index in [0.29, 0.717) is 38.9 Å². The van der Waals surface area contributed by atoms with Gasteiger partial charge in [0.15, 0.2) is 0 Å². The van der Waals surface area contributed by atoms with Crippen LogP contribution >= 0.6 is 23.5 Å². The molecule has 0 aromatic heterocycles. The Morgan fingerprint density at radius 3 is 1.87 bits per heavy atom. The second kappa shape index (κ2) is 26.0. The van der Waals surface area contributed by atoms with Crippen molar-refractivity contribution >= 4 is 47.0 Å². The Hall–Kier alpha value is -4.81. The lowest BCUT2D eigenvalue weighted by molar-refractivity contribution is -0.125. The maximum Gasteiger partial charge on any atom is 0.286 e. The van der Waals surface area contributed by atoms with Crippen LogP contribution in [0.3, 0.4) is 0 Å². The second-order valence-corrected chi connectivity index (χ2v) is 13.3. The van der Waals surface area contributed by atoms with E-state index in [0.717, 1.165) is 57.7 Å². The normalized spacial score (nSPS) is 13.3. The number of amides is 4. The third kappa shape index (κ3) is 16.5. The van der Waals surface area contributed by atoms with Crippen LogP contribution in [0.25, 0.3) is 0 Å². The minimum Gasteiger partial charge on any atom is -0.497 e. The lowest BCUT2D eigenvalue weighted by atomic mass is 10.1. The van der Waals surface area contributed by atoms with Gasteiger partial charge in [-0.05, 0) is 89.9 Å². The maximum atomic E-state index is 13.1. The quantitative estimate of drug-likeness (QED) is 0.108. The van der Waals surface area contributed by atoms with Crippen molar-refractivity contribution in [3.63, 3.8) is 0 Å². The average molecular weight is 779 g/mol. The number of hydrogen-bond donors (Lipinski definition) is 2. The van der Waals surface area contributed by atoms with Gasteiger partial charge in [-0.1, -0.05) is 88.0 Å². The van der Waals surface area contributed by atoms with Gasteiger partial charge in [-0.2, -0.15) is 11.8 Å². The molecule has 1 heterocycles. The molecule has 12 heteroatoms. The summed E-state index contributed by atoms with van der Waals surface area (Å²) in [5.41, 5.74) is 4.03. The van der Waals surface area contributed by atoms with Crippen molar-refractivity contribution in [3.05, 3.63) is 125 Å². The van der Waals surface area contributed by atoms with Gasteiger partial charge in [-0.25, -0.2) is 4.39 Å². The summed E-state index contributed by atoms with van der Waals surface area (Å²) in [6.07, 6.45) is 4.76. The van der Waals surface area contributed by atoms with Gasteiger partial charge in [-0.3, -0.25) is 29.8 Å². The molecule has 9 nitrogen and oxygen atoms in total. The zero-order chi connectivity index (χ0) is 39.7. The maximum absolute atomic E-state index is 13.1. The predicted octanol–water partition coefficient (Wildman–Crippen LogP) is 8.26. The Morgan fingerprint density at radius 2 is 1.37 bits per heavy atom. The highest BCUT2D eigenvalue weighted by molar-refractivity contribution is 8.15. The summed E-state index contributed by atoms with van der Waals surface area (Å²) in [5, 5.41) is 3.54. The standard InChI is InChI=1S/C20H23NO4S.C18H16FNO3S.2C2H6/c1-24-18-5-3-4-15(12-18)10-11-25-17-8-6-16(7-9-17)13-19(26-2)20(23)21-14-22;19-14-3-1-2-12(10-14)8-9-23-15-6-4-13(5-7-15)11-16-17(21)20-18(22)24-16;2*1-2/h3-9,12,14,19H,10-11,13H2,1-2H3,(H,21,22,23);1-7,10,16H,8-9,11H2,(H,20,21,22);2*1-2H3. The zero-order valence-corrected chi connectivity index (χ0v) is 33.4. The first kappa shape index (κ1) is 45.3. The van der Waals surface area contributed by atoms with Crippen LogP contribution < -0.4 is 24.8 Å². The molecule has 0 saturated carbocycles. The van der Waals surface area contributed by atoms with Crippen molar-refractivity contribution in [2.45, 2.75) is 63.9 Å². The fraction of sp³-hybridized carbons (Fsp3) is 0.333. The SMILES string of the molecule is CC.CC.COc1cccc(CCOc2ccc(CC(SC)C(=O)NC=O)cc2)c1.O=C1NC(=O)C(Cc2ccc(OCCc3cccc(F)c3)cc2)S1. The Morgan fingerprint density at radius 1 is 0.815 bits per heavy atom. The first-order chi connectivity index (χ1) is 26.3. The molecule has 2 N–H and O–H groups in total. The van der Waals surface area contributed by atoms with Gasteiger partial charge >= 0.3 is 0 Å². The summed E-state index contributed by atoms with van der Waals surface area (Å²) in [4.78, 5) is 44.9. The number of hydrogen-bond acceptors (Lipinski definition) is 9. The fourth-order valence-corrected chi connectivity index (χ4v) is 6.43. The first-order valence-electron chi connectivity index (χ1n) is 17.9. The molecule has 2 unspecified atom stereocenters. The van der Waals surface area contributed by atoms with E-state index in [1.54, 1.807) is 13.2 Å². The number of methoxy groups -OCH3 is 1. The summed E-state index contributed by atoms with van der Waals surface area (Å²) < 4.78 is 29.7. The van der Waals surface area contributed by atoms with Gasteiger partial charge in [0, 0.05) is 12.8 Å². The number of imide groups is 2. The molecular weight excluding hydrogens is 728 g/mol. The summed E-state index contributed by atoms with van der Waals surface area (Å²) in [6.45, 7) is 9.03. The third-order valence-corrected chi connectivity index (χ3v) is 9.51. The Labute approximate surface area is 327 Å². The molecule has 0 radical (unpaired) electrons. The van der Waals surface area contributed by atoms with Gasteiger partial charge in [0.2, 0.25) is 18.2 Å². The zero-order valence-electron chi connectivity index (χ0n) is 31.8. The van der Waals surface area contributed by atoms with Crippen LogP contribution in [0.1, 0.15) is 49.9 Å². The smallest absolute Gasteiger partial charge is 0.286 e. The summed E-state index contributed by atoms with van der Waals surface area (Å²) >= 11 is 2.44. The number of ether oxygens (including phenoxy) is 3. The van der Waals surface area contributed by atoms with E-state index in [2.05, 4.69) is 10.6 Å². The number of carbonyl (C=O) groups is 4. The highest BCUT2D eigenvalue weighted by Crippen LogP contribution is 2.24. The van der Waals surface area contributed by atoms with Gasteiger partial charge in [-0.15, -0.1) is 0 Å². The molecule has 0 bridgehead atoms. The molecule has 4 amide bonds. The summed E-state index contributed by atoms with van der Waals surface area (Å²) in [7, 11) is 1.65. The Balaban J connectivity index is 0.000000343. The number of halogens is 1. The number of nitrogens with one attached hydrogen (secondary N) is 2. The van der Waals surface area contributed by atoms with Crippen LogP contribution in [0.15, 0.2) is 97.1 Å². The van der Waals surface area contributed by atoms with Crippen molar-refractivity contribution < 1.29 is 37.8 Å². The average Bonchev–Trinajstić information content (AvgIpc) is 3.52. The molecule has 54 heavy (non-hydrogen) atoms. The topological polar surface area (TPSA) is 120 Å². The van der Waals surface area contributed by atoms with Crippen LogP contribution in [0.2, 0.25) is 0 Å². The molecule has 5 rings (SSSR count). The fourth-order valence-electron chi connectivity index (χ4n) is 4.93. The van der Waals surface area contributed by atoms with Gasteiger partial charge in [0.05, 0.1) is 30.8 Å². The summed E-state index contributed by atoms with van der Waals surface area (Å²) in [6, 6.07) is 29.5. The van der Waals surface area contributed by atoms with Crippen LogP contribution in [-0.2, 0) is 40.1 Å². The van der Waals surface area contributed by atoms with Gasteiger partial charge in [0.1, 0.15) is 23.1 Å². The van der Waals surface area contributed by atoms with E-state index in [-0.39, 0.29) is 33.4 Å². The van der Waals surface area contributed by atoms with Crippen molar-refractivity contribution in [1.82, 2.24) is 10.6 Å². The second-order valence-electron chi connectivity index (χ2n) is 11.1. The predicted molar refractivity (Wildman–Crippen MR) is 217 cm³/mol. The number of rotatable bonds is 16. The number of carbonyl (C=O) groups excluding carboxylic acids is 4. The monoisotopic (exact) mass is 778 g/mol. The minimum absolute atomic E-state index is 0.236. The molecule has 1 saturated heterocycles. The molecular formula is C42H51FN2O7S2. The lowest BCUT2D eigenvalue weighted by Gasteiger charge is -2.13. The lowest BCUT2D eigenvalue weighted by Crippen LogP contribution is -2.32. The molecule has 2 atom stereocenters. The minimum atomic E-state index is -0.364. The van der Waals surface area contributed by atoms with Crippen molar-refractivity contribution in [1.29, 1.82) is 0 Å². The number of benzene rings is 4. The van der Waals surface area contributed by atoms with Crippen LogP contribution in [0.5, 0.6) is 17.2 Å². The van der Waals surface area contributed by atoms with Crippen LogP contribution in [-0.4, -0.2) is 60.5 Å². The largest absolute Gasteiger partial charge is 0.497 e. The van der Waals surface area contributed by atoms with Crippen molar-refractivity contribution in [3.8, 4) is 17.2 Å². The molecule has 4 aromatic rings. The Kier molecular flexibility index (Phi) is 21.9. The number of thioether (sulfide) groups is 2. The van der Waals surface area contributed by atoms with Crippen molar-refractivity contribution in [2.24, 2.45) is 0 Å². The van der Waals surface area contributed by atoms with Crippen molar-refractivity contribution in [2.75, 3.05) is 26.6 Å². The van der Waals surface area contributed by atoms with E-state index in [1.165, 1.54) is 23.9 Å².